The summed E-state index contributed by atoms with van der Waals surface area (Å²) in [6.07, 6.45) is 8.44. The second-order valence-corrected chi connectivity index (χ2v) is 4.69. The fourth-order valence-corrected chi connectivity index (χ4v) is 2.62. The highest BCUT2D eigenvalue weighted by Gasteiger charge is 2.13. The fraction of sp³-hybridized carbons (Fsp3) is 0.500. The minimum atomic E-state index is 0.994. The third kappa shape index (κ3) is 1.90. The van der Waals surface area contributed by atoms with Crippen molar-refractivity contribution in [3.05, 3.63) is 35.2 Å². The molecule has 1 aromatic rings. The van der Waals surface area contributed by atoms with E-state index < -0.39 is 0 Å². The minimum Gasteiger partial charge on any atom is -0.313 e. The molecule has 1 N–H and O–H groups in total. The number of nitrogens with zero attached hydrogens (tertiary/aromatic N) is 1. The Balaban J connectivity index is 1.93. The summed E-state index contributed by atoms with van der Waals surface area (Å²) in [6.45, 7) is 2.08. The van der Waals surface area contributed by atoms with E-state index in [1.807, 2.05) is 0 Å². The Hall–Kier alpha value is -1.15. The number of fused-ring (bicyclic) bond motifs is 1. The molecule has 2 heterocycles. The quantitative estimate of drug-likeness (QED) is 0.776. The maximum atomic E-state index is 4.84. The molecular formula is C14H18N2. The molecule has 1 aromatic heterocycles. The lowest BCUT2D eigenvalue weighted by Crippen LogP contribution is -2.20. The molecule has 0 saturated carbocycles. The Morgan fingerprint density at radius 2 is 2.00 bits per heavy atom. The second-order valence-electron chi connectivity index (χ2n) is 4.69. The van der Waals surface area contributed by atoms with Crippen molar-refractivity contribution in [3.63, 3.8) is 0 Å². The topological polar surface area (TPSA) is 24.9 Å². The van der Waals surface area contributed by atoms with Gasteiger partial charge in [-0.2, -0.15) is 0 Å². The van der Waals surface area contributed by atoms with Gasteiger partial charge in [-0.25, -0.2) is 0 Å². The zero-order valence-corrected chi connectivity index (χ0v) is 9.63. The number of aromatic nitrogens is 1. The molecule has 0 radical (unpaired) electrons. The zero-order chi connectivity index (χ0) is 10.8. The molecule has 84 valence electrons. The van der Waals surface area contributed by atoms with E-state index in [2.05, 4.69) is 23.5 Å². The van der Waals surface area contributed by atoms with Gasteiger partial charge < -0.3 is 5.32 Å². The molecule has 0 spiro atoms. The van der Waals surface area contributed by atoms with Crippen LogP contribution in [0.1, 0.15) is 36.2 Å². The first-order chi connectivity index (χ1) is 7.93. The van der Waals surface area contributed by atoms with Crippen molar-refractivity contribution in [3.8, 4) is 0 Å². The van der Waals surface area contributed by atoms with E-state index in [4.69, 9.17) is 4.98 Å². The average Bonchev–Trinajstić information content (AvgIpc) is 2.39. The van der Waals surface area contributed by atoms with Gasteiger partial charge in [0.05, 0.1) is 5.69 Å². The summed E-state index contributed by atoms with van der Waals surface area (Å²) in [5.74, 6) is 0. The molecule has 2 heteroatoms. The van der Waals surface area contributed by atoms with Crippen LogP contribution in [0.5, 0.6) is 0 Å². The lowest BCUT2D eigenvalue weighted by Gasteiger charge is -2.18. The molecule has 0 saturated heterocycles. The van der Waals surface area contributed by atoms with Gasteiger partial charge in [-0.1, -0.05) is 12.1 Å². The van der Waals surface area contributed by atoms with Crippen molar-refractivity contribution < 1.29 is 0 Å². The van der Waals surface area contributed by atoms with Crippen LogP contribution in [0.15, 0.2) is 18.2 Å². The number of rotatable bonds is 1. The smallest absolute Gasteiger partial charge is 0.0662 e. The van der Waals surface area contributed by atoms with Crippen LogP contribution in [0.25, 0.3) is 5.57 Å². The van der Waals surface area contributed by atoms with Crippen molar-refractivity contribution in [2.45, 2.75) is 32.1 Å². The van der Waals surface area contributed by atoms with E-state index in [-0.39, 0.29) is 0 Å². The van der Waals surface area contributed by atoms with Gasteiger partial charge in [0, 0.05) is 12.2 Å². The predicted octanol–water partition coefficient (Wildman–Crippen LogP) is 2.34. The Kier molecular flexibility index (Phi) is 2.75. The largest absolute Gasteiger partial charge is 0.313 e. The van der Waals surface area contributed by atoms with Crippen LogP contribution >= 0.6 is 0 Å². The maximum Gasteiger partial charge on any atom is 0.0662 e. The second kappa shape index (κ2) is 4.38. The molecule has 3 rings (SSSR count). The first-order valence-corrected chi connectivity index (χ1v) is 6.32. The molecule has 0 bridgehead atoms. The summed E-state index contributed by atoms with van der Waals surface area (Å²) in [7, 11) is 0. The first kappa shape index (κ1) is 10.0. The summed E-state index contributed by atoms with van der Waals surface area (Å²) >= 11 is 0. The van der Waals surface area contributed by atoms with E-state index in [0.717, 1.165) is 19.5 Å². The van der Waals surface area contributed by atoms with Crippen LogP contribution in [-0.4, -0.2) is 18.1 Å². The molecular weight excluding hydrogens is 196 g/mol. The van der Waals surface area contributed by atoms with Crippen LogP contribution in [0.3, 0.4) is 0 Å². The number of hydrogen-bond donors (Lipinski definition) is 1. The maximum absolute atomic E-state index is 4.84. The van der Waals surface area contributed by atoms with Crippen LogP contribution < -0.4 is 5.32 Å². The molecule has 16 heavy (non-hydrogen) atoms. The van der Waals surface area contributed by atoms with Gasteiger partial charge in [-0.3, -0.25) is 4.98 Å². The summed E-state index contributed by atoms with van der Waals surface area (Å²) in [5, 5.41) is 3.34. The molecule has 2 aliphatic rings. The highest BCUT2D eigenvalue weighted by Crippen LogP contribution is 2.24. The van der Waals surface area contributed by atoms with Crippen LogP contribution in [0.2, 0.25) is 0 Å². The van der Waals surface area contributed by atoms with E-state index in [0.29, 0.717) is 0 Å². The Bertz CT molecular complexity index is 421. The summed E-state index contributed by atoms with van der Waals surface area (Å²) in [4.78, 5) is 4.84. The molecule has 0 atom stereocenters. The standard InChI is InChI=1S/C14H18N2/c1-2-4-13-11(3-1)5-6-14(16-13)12-7-9-15-10-8-12/h5-7,15H,1-4,8-10H2. The van der Waals surface area contributed by atoms with Crippen LogP contribution in [0.4, 0.5) is 0 Å². The number of nitrogens with one attached hydrogen (secondary N) is 1. The molecule has 0 unspecified atom stereocenters. The third-order valence-electron chi connectivity index (χ3n) is 3.57. The molecule has 0 aromatic carbocycles. The van der Waals surface area contributed by atoms with Gasteiger partial charge in [-0.05, 0) is 55.9 Å². The van der Waals surface area contributed by atoms with Gasteiger partial charge in [0.25, 0.3) is 0 Å². The Labute approximate surface area is 96.8 Å². The first-order valence-electron chi connectivity index (χ1n) is 6.32. The summed E-state index contributed by atoms with van der Waals surface area (Å²) < 4.78 is 0. The van der Waals surface area contributed by atoms with Gasteiger partial charge in [0.1, 0.15) is 0 Å². The SMILES string of the molecule is C1=C(c2ccc3c(n2)CCCC3)CCNC1. The van der Waals surface area contributed by atoms with Crippen LogP contribution in [0, 0.1) is 0 Å². The monoisotopic (exact) mass is 214 g/mol. The molecule has 2 nitrogen and oxygen atoms in total. The predicted molar refractivity (Wildman–Crippen MR) is 66.3 cm³/mol. The Morgan fingerprint density at radius 3 is 2.88 bits per heavy atom. The highest BCUT2D eigenvalue weighted by molar-refractivity contribution is 5.64. The van der Waals surface area contributed by atoms with Gasteiger partial charge in [0.15, 0.2) is 0 Å². The highest BCUT2D eigenvalue weighted by atomic mass is 14.9. The summed E-state index contributed by atoms with van der Waals surface area (Å²) in [5.41, 5.74) is 5.46. The van der Waals surface area contributed by atoms with Crippen LogP contribution in [-0.2, 0) is 12.8 Å². The number of pyridine rings is 1. The summed E-state index contributed by atoms with van der Waals surface area (Å²) in [6, 6.07) is 4.50. The van der Waals surface area contributed by atoms with Crippen molar-refractivity contribution in [2.75, 3.05) is 13.1 Å². The van der Waals surface area contributed by atoms with Crippen molar-refractivity contribution in [1.82, 2.24) is 10.3 Å². The molecule has 0 amide bonds. The molecule has 0 fully saturated rings. The van der Waals surface area contributed by atoms with Crippen molar-refractivity contribution >= 4 is 5.57 Å². The Morgan fingerprint density at radius 1 is 1.06 bits per heavy atom. The van der Waals surface area contributed by atoms with E-state index in [1.165, 1.54) is 48.2 Å². The number of hydrogen-bond acceptors (Lipinski definition) is 2. The van der Waals surface area contributed by atoms with E-state index in [1.54, 1.807) is 0 Å². The van der Waals surface area contributed by atoms with Gasteiger partial charge in [-0.15, -0.1) is 0 Å². The minimum absolute atomic E-state index is 0.994. The lowest BCUT2D eigenvalue weighted by molar-refractivity contribution is 0.665. The third-order valence-corrected chi connectivity index (χ3v) is 3.57. The van der Waals surface area contributed by atoms with Crippen molar-refractivity contribution in [1.29, 1.82) is 0 Å². The van der Waals surface area contributed by atoms with Gasteiger partial charge in [0.2, 0.25) is 0 Å². The van der Waals surface area contributed by atoms with Crippen molar-refractivity contribution in [2.24, 2.45) is 0 Å². The van der Waals surface area contributed by atoms with Gasteiger partial charge >= 0.3 is 0 Å². The fourth-order valence-electron chi connectivity index (χ4n) is 2.62. The lowest BCUT2D eigenvalue weighted by atomic mass is 9.94. The van der Waals surface area contributed by atoms with E-state index in [9.17, 15) is 0 Å². The van der Waals surface area contributed by atoms with E-state index >= 15 is 0 Å². The number of aryl methyl sites for hydroxylation is 2. The zero-order valence-electron chi connectivity index (χ0n) is 9.63. The average molecular weight is 214 g/mol. The molecule has 1 aliphatic carbocycles. The normalized spacial score (nSPS) is 20.1. The molecule has 1 aliphatic heterocycles.